The molecule has 2 aliphatic rings. The van der Waals surface area contributed by atoms with Gasteiger partial charge in [0.05, 0.1) is 26.3 Å². The Hall–Kier alpha value is -6.15. The topological polar surface area (TPSA) is 218 Å². The molecule has 2 aliphatic heterocycles. The van der Waals surface area contributed by atoms with Crippen LogP contribution in [-0.2, 0) is 56.3 Å². The summed E-state index contributed by atoms with van der Waals surface area (Å²) in [4.78, 5) is 47.3. The fraction of sp³-hybridized carbons (Fsp3) is 0.511. The largest absolute Gasteiger partial charge is 0.510 e. The number of carbonyl (C=O) groups excluding carboxylic acids is 1. The van der Waals surface area contributed by atoms with Crippen LogP contribution < -0.4 is 20.9 Å². The lowest BCUT2D eigenvalue weighted by Gasteiger charge is -2.29. The number of methoxy groups -OCH3 is 2. The number of likely N-dealkylation sites (tertiary alicyclic amines) is 2. The molecule has 19 heteroatoms. The summed E-state index contributed by atoms with van der Waals surface area (Å²) in [7, 11) is 3.17. The molecule has 0 amide bonds. The Labute approximate surface area is 384 Å². The van der Waals surface area contributed by atoms with Gasteiger partial charge in [0.2, 0.25) is 0 Å². The normalized spacial score (nSPS) is 15.0. The summed E-state index contributed by atoms with van der Waals surface area (Å²) >= 11 is 0. The van der Waals surface area contributed by atoms with Crippen molar-refractivity contribution in [1.29, 1.82) is 0 Å². The summed E-state index contributed by atoms with van der Waals surface area (Å²) in [5.41, 5.74) is 16.2. The van der Waals surface area contributed by atoms with Crippen molar-refractivity contribution in [3.63, 3.8) is 0 Å². The predicted octanol–water partition coefficient (Wildman–Crippen LogP) is 5.79. The number of rotatable bonds is 20. The van der Waals surface area contributed by atoms with E-state index in [1.807, 2.05) is 9.13 Å². The molecular weight excluding hydrogens is 845 g/mol. The van der Waals surface area contributed by atoms with Crippen LogP contribution in [0.1, 0.15) is 87.3 Å². The van der Waals surface area contributed by atoms with Crippen LogP contribution in [0.5, 0.6) is 12.0 Å². The van der Waals surface area contributed by atoms with Crippen LogP contribution in [0, 0.1) is 0 Å². The van der Waals surface area contributed by atoms with Crippen LogP contribution >= 0.6 is 0 Å². The van der Waals surface area contributed by atoms with Gasteiger partial charge in [0.1, 0.15) is 13.2 Å². The summed E-state index contributed by atoms with van der Waals surface area (Å²) < 4.78 is 38.2. The minimum atomic E-state index is -1.38. The molecule has 2 aromatic carbocycles. The standard InChI is InChI=1S/C47H62N12O7/c1-46(2,41-50-35-37(48)52-43(63-23-21-61-5)54-39(35)58(41)29-33-15-11-13-31(25-33)27-56-17-7-8-18-56)65-45(60)66-47(3,4)42-51-36-38(49)53-44(64-24-22-62-6)55-40(36)59(42)30-34-16-12-14-32(26-34)28-57-19-9-10-20-57/h11-16,25-26H,7-10,17-24,27-30H2,1-6H3,(H2,48,52,54)(H2,49,53,55). The van der Waals surface area contributed by atoms with Crippen molar-refractivity contribution >= 4 is 40.1 Å². The van der Waals surface area contributed by atoms with Crippen LogP contribution in [0.15, 0.2) is 48.5 Å². The predicted molar refractivity (Wildman–Crippen MR) is 248 cm³/mol. The lowest BCUT2D eigenvalue weighted by molar-refractivity contribution is -0.0701. The second-order valence-electron chi connectivity index (χ2n) is 17.9. The van der Waals surface area contributed by atoms with E-state index in [1.165, 1.54) is 36.8 Å². The van der Waals surface area contributed by atoms with Crippen LogP contribution in [0.3, 0.4) is 0 Å². The Balaban J connectivity index is 1.11. The number of benzene rings is 2. The molecule has 4 aromatic heterocycles. The summed E-state index contributed by atoms with van der Waals surface area (Å²) in [6, 6.07) is 17.0. The number of ether oxygens (including phenoxy) is 6. The maximum atomic E-state index is 14.2. The lowest BCUT2D eigenvalue weighted by Crippen LogP contribution is -2.35. The van der Waals surface area contributed by atoms with E-state index in [-0.39, 0.29) is 36.9 Å². The van der Waals surface area contributed by atoms with E-state index < -0.39 is 17.4 Å². The zero-order valence-electron chi connectivity index (χ0n) is 38.9. The molecule has 0 saturated carbocycles. The molecule has 66 heavy (non-hydrogen) atoms. The number of nitrogens with two attached hydrogens (primary N) is 2. The zero-order valence-corrected chi connectivity index (χ0v) is 38.9. The highest BCUT2D eigenvalue weighted by Crippen LogP contribution is 2.35. The molecular formula is C47H62N12O7. The van der Waals surface area contributed by atoms with Crippen LogP contribution in [-0.4, -0.2) is 122 Å². The Morgan fingerprint density at radius 3 is 1.32 bits per heavy atom. The minimum absolute atomic E-state index is 0.0765. The maximum Gasteiger partial charge on any atom is 0.510 e. The molecule has 0 bridgehead atoms. The Morgan fingerprint density at radius 2 is 0.939 bits per heavy atom. The van der Waals surface area contributed by atoms with E-state index in [4.69, 9.17) is 59.8 Å². The smallest absolute Gasteiger partial charge is 0.461 e. The monoisotopic (exact) mass is 906 g/mol. The molecule has 0 unspecified atom stereocenters. The van der Waals surface area contributed by atoms with Gasteiger partial charge < -0.3 is 49.0 Å². The van der Waals surface area contributed by atoms with Crippen molar-refractivity contribution in [3.8, 4) is 12.0 Å². The average Bonchev–Trinajstić information content (AvgIpc) is 4.10. The molecule has 0 radical (unpaired) electrons. The zero-order chi connectivity index (χ0) is 46.4. The van der Waals surface area contributed by atoms with Gasteiger partial charge in [-0.15, -0.1) is 0 Å². The van der Waals surface area contributed by atoms with E-state index in [1.54, 1.807) is 41.9 Å². The van der Waals surface area contributed by atoms with Gasteiger partial charge in [-0.05, 0) is 102 Å². The van der Waals surface area contributed by atoms with Crippen LogP contribution in [0.25, 0.3) is 22.3 Å². The molecule has 2 saturated heterocycles. The third-order valence-corrected chi connectivity index (χ3v) is 11.9. The highest BCUT2D eigenvalue weighted by Gasteiger charge is 2.39. The van der Waals surface area contributed by atoms with Crippen LogP contribution in [0.4, 0.5) is 16.4 Å². The quantitative estimate of drug-likeness (QED) is 0.0684. The van der Waals surface area contributed by atoms with Gasteiger partial charge >= 0.3 is 18.2 Å². The van der Waals surface area contributed by atoms with Gasteiger partial charge in [-0.25, -0.2) is 14.8 Å². The third kappa shape index (κ3) is 10.8. The lowest BCUT2D eigenvalue weighted by atomic mass is 10.1. The first-order valence-corrected chi connectivity index (χ1v) is 22.6. The van der Waals surface area contributed by atoms with Gasteiger partial charge in [-0.3, -0.25) is 9.80 Å². The molecule has 4 N–H and O–H groups in total. The average molecular weight is 907 g/mol. The maximum absolute atomic E-state index is 14.2. The number of nitrogen functional groups attached to an aromatic ring is 2. The van der Waals surface area contributed by atoms with Crippen molar-refractivity contribution in [2.45, 2.75) is 90.8 Å². The van der Waals surface area contributed by atoms with E-state index in [0.717, 1.165) is 50.4 Å². The SMILES string of the molecule is COCCOc1nc(N)c2nc(C(C)(C)OC(=O)OC(C)(C)c3nc4c(N)nc(OCCOC)nc4n3Cc3cccc(CN4CCCC4)c3)n(Cc3cccc(CN4CCCC4)c3)c2n1. The van der Waals surface area contributed by atoms with Gasteiger partial charge in [-0.1, -0.05) is 48.5 Å². The number of aromatic nitrogens is 8. The number of hydrogen-bond donors (Lipinski definition) is 2. The minimum Gasteiger partial charge on any atom is -0.461 e. The molecule has 8 rings (SSSR count). The number of hydrogen-bond acceptors (Lipinski definition) is 17. The number of anilines is 2. The summed E-state index contributed by atoms with van der Waals surface area (Å²) in [5, 5.41) is 0. The van der Waals surface area contributed by atoms with Gasteiger partial charge in [0, 0.05) is 27.3 Å². The number of nitrogens with zero attached hydrogens (tertiary/aromatic N) is 10. The van der Waals surface area contributed by atoms with Crippen molar-refractivity contribution in [2.24, 2.45) is 0 Å². The van der Waals surface area contributed by atoms with Crippen molar-refractivity contribution in [2.75, 3.05) is 78.3 Å². The van der Waals surface area contributed by atoms with E-state index in [9.17, 15) is 4.79 Å². The number of imidazole rings is 2. The van der Waals surface area contributed by atoms with Gasteiger partial charge in [-0.2, -0.15) is 19.9 Å². The molecule has 0 atom stereocenters. The van der Waals surface area contributed by atoms with E-state index in [2.05, 4.69) is 68.3 Å². The Morgan fingerprint density at radius 1 is 0.561 bits per heavy atom. The summed E-state index contributed by atoms with van der Waals surface area (Å²) in [5.74, 6) is 0.976. The number of carbonyl (C=O) groups is 1. The van der Waals surface area contributed by atoms with Crippen molar-refractivity contribution < 1.29 is 33.2 Å². The fourth-order valence-electron chi connectivity index (χ4n) is 8.73. The fourth-order valence-corrected chi connectivity index (χ4v) is 8.73. The first-order valence-electron chi connectivity index (χ1n) is 22.6. The van der Waals surface area contributed by atoms with Gasteiger partial charge in [0.15, 0.2) is 56.8 Å². The summed E-state index contributed by atoms with van der Waals surface area (Å²) in [6.07, 6.45) is 3.86. The molecule has 0 aliphatic carbocycles. The third-order valence-electron chi connectivity index (χ3n) is 11.9. The summed E-state index contributed by atoms with van der Waals surface area (Å²) in [6.45, 7) is 14.8. The molecule has 0 spiro atoms. The Kier molecular flexibility index (Phi) is 14.2. The second kappa shape index (κ2) is 20.2. The molecule has 2 fully saturated rings. The second-order valence-corrected chi connectivity index (χ2v) is 17.9. The molecule has 352 valence electrons. The molecule has 6 heterocycles. The van der Waals surface area contributed by atoms with Crippen molar-refractivity contribution in [3.05, 3.63) is 82.4 Å². The Bertz CT molecular complexity index is 2460. The first kappa shape index (κ1) is 46.4. The molecule has 19 nitrogen and oxygen atoms in total. The molecule has 6 aromatic rings. The van der Waals surface area contributed by atoms with E-state index in [0.29, 0.717) is 60.3 Å². The van der Waals surface area contributed by atoms with E-state index >= 15 is 0 Å². The van der Waals surface area contributed by atoms with Crippen molar-refractivity contribution in [1.82, 2.24) is 48.8 Å². The highest BCUT2D eigenvalue weighted by molar-refractivity contribution is 5.84. The van der Waals surface area contributed by atoms with Gasteiger partial charge in [0.25, 0.3) is 0 Å². The first-order chi connectivity index (χ1) is 31.8. The highest BCUT2D eigenvalue weighted by atomic mass is 16.7. The number of fused-ring (bicyclic) bond motifs is 2. The van der Waals surface area contributed by atoms with Crippen LogP contribution in [0.2, 0.25) is 0 Å².